The normalized spacial score (nSPS) is 12.9. The minimum absolute atomic E-state index is 0.106. The minimum Gasteiger partial charge on any atom is -0.494 e. The van der Waals surface area contributed by atoms with E-state index in [1.807, 2.05) is 19.3 Å². The third kappa shape index (κ3) is 4.55. The van der Waals surface area contributed by atoms with Gasteiger partial charge in [-0.3, -0.25) is 4.98 Å². The van der Waals surface area contributed by atoms with E-state index in [1.165, 1.54) is 16.7 Å². The second-order valence-electron chi connectivity index (χ2n) is 6.93. The zero-order chi connectivity index (χ0) is 16.9. The summed E-state index contributed by atoms with van der Waals surface area (Å²) in [6.07, 6.45) is 4.56. The summed E-state index contributed by atoms with van der Waals surface area (Å²) in [5.74, 6) is 1.19. The molecule has 1 aromatic heterocycles. The average molecular weight is 312 g/mol. The molecule has 0 spiro atoms. The Morgan fingerprint density at radius 3 is 2.39 bits per heavy atom. The molecule has 1 aromatic carbocycles. The first-order valence-corrected chi connectivity index (χ1v) is 8.32. The quantitative estimate of drug-likeness (QED) is 0.875. The van der Waals surface area contributed by atoms with E-state index >= 15 is 0 Å². The number of ether oxygens (including phenoxy) is 1. The van der Waals surface area contributed by atoms with Gasteiger partial charge in [0.15, 0.2) is 0 Å². The molecular formula is C20H28N2O. The lowest BCUT2D eigenvalue weighted by molar-refractivity contribution is 0.333. The fourth-order valence-corrected chi connectivity index (χ4v) is 2.74. The van der Waals surface area contributed by atoms with E-state index < -0.39 is 0 Å². The Labute approximate surface area is 139 Å². The second kappa shape index (κ2) is 7.60. The van der Waals surface area contributed by atoms with Gasteiger partial charge >= 0.3 is 0 Å². The highest BCUT2D eigenvalue weighted by atomic mass is 16.5. The van der Waals surface area contributed by atoms with Gasteiger partial charge in [0.25, 0.3) is 0 Å². The Hall–Kier alpha value is -1.87. The first-order chi connectivity index (χ1) is 11.0. The van der Waals surface area contributed by atoms with E-state index in [1.54, 1.807) is 0 Å². The van der Waals surface area contributed by atoms with Gasteiger partial charge in [0.1, 0.15) is 5.75 Å². The summed E-state index contributed by atoms with van der Waals surface area (Å²) in [4.78, 5) is 4.09. The van der Waals surface area contributed by atoms with Crippen molar-refractivity contribution in [2.45, 2.75) is 45.4 Å². The van der Waals surface area contributed by atoms with Gasteiger partial charge in [-0.2, -0.15) is 0 Å². The van der Waals surface area contributed by atoms with Crippen LogP contribution in [-0.4, -0.2) is 18.1 Å². The summed E-state index contributed by atoms with van der Waals surface area (Å²) in [7, 11) is 0. The number of hydrogen-bond donors (Lipinski definition) is 1. The monoisotopic (exact) mass is 312 g/mol. The van der Waals surface area contributed by atoms with Crippen LogP contribution in [0.4, 0.5) is 0 Å². The van der Waals surface area contributed by atoms with Crippen LogP contribution < -0.4 is 10.5 Å². The van der Waals surface area contributed by atoms with Gasteiger partial charge in [-0.1, -0.05) is 32.9 Å². The standard InChI is InChI=1S/C20H28N2O/c1-5-23-19-7-6-17(20(2,3)4)13-18(19)16(14-21)12-15-8-10-22-11-9-15/h6-11,13,16H,5,12,14,21H2,1-4H3. The molecule has 1 unspecified atom stereocenters. The lowest BCUT2D eigenvalue weighted by Gasteiger charge is -2.24. The summed E-state index contributed by atoms with van der Waals surface area (Å²) in [6.45, 7) is 9.96. The van der Waals surface area contributed by atoms with Crippen molar-refractivity contribution in [3.63, 3.8) is 0 Å². The molecule has 0 aliphatic rings. The number of nitrogens with two attached hydrogens (primary N) is 1. The van der Waals surface area contributed by atoms with E-state index in [0.717, 1.165) is 12.2 Å². The fourth-order valence-electron chi connectivity index (χ4n) is 2.74. The molecule has 3 nitrogen and oxygen atoms in total. The summed E-state index contributed by atoms with van der Waals surface area (Å²) in [5, 5.41) is 0. The molecule has 0 amide bonds. The molecular weight excluding hydrogens is 284 g/mol. The van der Waals surface area contributed by atoms with Crippen LogP contribution in [0.3, 0.4) is 0 Å². The van der Waals surface area contributed by atoms with Crippen LogP contribution in [0.15, 0.2) is 42.7 Å². The highest BCUT2D eigenvalue weighted by Crippen LogP contribution is 2.33. The number of aromatic nitrogens is 1. The highest BCUT2D eigenvalue weighted by molar-refractivity contribution is 5.43. The summed E-state index contributed by atoms with van der Waals surface area (Å²) < 4.78 is 5.86. The predicted octanol–water partition coefficient (Wildman–Crippen LogP) is 4.06. The Bertz CT molecular complexity index is 617. The maximum atomic E-state index is 6.11. The van der Waals surface area contributed by atoms with Crippen molar-refractivity contribution in [2.24, 2.45) is 5.73 Å². The Morgan fingerprint density at radius 1 is 1.13 bits per heavy atom. The first-order valence-electron chi connectivity index (χ1n) is 8.32. The molecule has 0 bridgehead atoms. The average Bonchev–Trinajstić information content (AvgIpc) is 2.53. The van der Waals surface area contributed by atoms with Crippen molar-refractivity contribution in [1.29, 1.82) is 0 Å². The summed E-state index contributed by atoms with van der Waals surface area (Å²) >= 11 is 0. The van der Waals surface area contributed by atoms with Gasteiger partial charge in [-0.05, 0) is 60.2 Å². The Morgan fingerprint density at radius 2 is 1.83 bits per heavy atom. The van der Waals surface area contributed by atoms with Crippen LogP contribution in [0.5, 0.6) is 5.75 Å². The van der Waals surface area contributed by atoms with Crippen molar-refractivity contribution in [2.75, 3.05) is 13.2 Å². The molecule has 0 fully saturated rings. The zero-order valence-corrected chi connectivity index (χ0v) is 14.7. The maximum absolute atomic E-state index is 6.11. The molecule has 23 heavy (non-hydrogen) atoms. The molecule has 2 aromatic rings. The topological polar surface area (TPSA) is 48.1 Å². The fraction of sp³-hybridized carbons (Fsp3) is 0.450. The third-order valence-electron chi connectivity index (χ3n) is 4.13. The molecule has 2 rings (SSSR count). The van der Waals surface area contributed by atoms with E-state index in [9.17, 15) is 0 Å². The van der Waals surface area contributed by atoms with Crippen molar-refractivity contribution in [3.05, 3.63) is 59.4 Å². The molecule has 0 saturated heterocycles. The SMILES string of the molecule is CCOc1ccc(C(C)(C)C)cc1C(CN)Cc1ccncc1. The number of rotatable bonds is 6. The van der Waals surface area contributed by atoms with Crippen molar-refractivity contribution < 1.29 is 4.74 Å². The Balaban J connectivity index is 2.39. The molecule has 0 aliphatic heterocycles. The van der Waals surface area contributed by atoms with Crippen molar-refractivity contribution in [1.82, 2.24) is 4.98 Å². The minimum atomic E-state index is 0.106. The zero-order valence-electron chi connectivity index (χ0n) is 14.7. The maximum Gasteiger partial charge on any atom is 0.122 e. The summed E-state index contributed by atoms with van der Waals surface area (Å²) in [6, 6.07) is 10.6. The smallest absolute Gasteiger partial charge is 0.122 e. The van der Waals surface area contributed by atoms with Crippen molar-refractivity contribution >= 4 is 0 Å². The largest absolute Gasteiger partial charge is 0.494 e. The molecule has 124 valence electrons. The Kier molecular flexibility index (Phi) is 5.78. The van der Waals surface area contributed by atoms with Gasteiger partial charge in [-0.25, -0.2) is 0 Å². The molecule has 0 radical (unpaired) electrons. The van der Waals surface area contributed by atoms with Gasteiger partial charge in [-0.15, -0.1) is 0 Å². The van der Waals surface area contributed by atoms with E-state index in [-0.39, 0.29) is 11.3 Å². The number of hydrogen-bond acceptors (Lipinski definition) is 3. The van der Waals surface area contributed by atoms with E-state index in [2.05, 4.69) is 56.1 Å². The third-order valence-corrected chi connectivity index (χ3v) is 4.13. The summed E-state index contributed by atoms with van der Waals surface area (Å²) in [5.41, 5.74) is 9.98. The van der Waals surface area contributed by atoms with Crippen LogP contribution in [0.1, 0.15) is 50.3 Å². The molecule has 0 saturated carbocycles. The molecule has 2 N–H and O–H groups in total. The van der Waals surface area contributed by atoms with E-state index in [0.29, 0.717) is 13.2 Å². The number of pyridine rings is 1. The highest BCUT2D eigenvalue weighted by Gasteiger charge is 2.20. The van der Waals surface area contributed by atoms with Gasteiger partial charge in [0.05, 0.1) is 6.61 Å². The molecule has 0 aliphatic carbocycles. The first kappa shape index (κ1) is 17.5. The second-order valence-corrected chi connectivity index (χ2v) is 6.93. The van der Waals surface area contributed by atoms with Gasteiger partial charge in [0, 0.05) is 18.3 Å². The lowest BCUT2D eigenvalue weighted by atomic mass is 9.83. The lowest BCUT2D eigenvalue weighted by Crippen LogP contribution is -2.18. The van der Waals surface area contributed by atoms with Gasteiger partial charge < -0.3 is 10.5 Å². The number of benzene rings is 1. The predicted molar refractivity (Wildman–Crippen MR) is 96.0 cm³/mol. The van der Waals surface area contributed by atoms with Crippen LogP contribution >= 0.6 is 0 Å². The molecule has 3 heteroatoms. The van der Waals surface area contributed by atoms with Crippen LogP contribution in [0.25, 0.3) is 0 Å². The van der Waals surface area contributed by atoms with E-state index in [4.69, 9.17) is 10.5 Å². The molecule has 1 atom stereocenters. The van der Waals surface area contributed by atoms with Crippen LogP contribution in [-0.2, 0) is 11.8 Å². The molecule has 1 heterocycles. The van der Waals surface area contributed by atoms with Gasteiger partial charge in [0.2, 0.25) is 0 Å². The number of nitrogens with zero attached hydrogens (tertiary/aromatic N) is 1. The van der Waals surface area contributed by atoms with Crippen molar-refractivity contribution in [3.8, 4) is 5.75 Å². The van der Waals surface area contributed by atoms with Crippen LogP contribution in [0.2, 0.25) is 0 Å². The van der Waals surface area contributed by atoms with Crippen LogP contribution in [0, 0.1) is 0 Å².